The highest BCUT2D eigenvalue weighted by molar-refractivity contribution is 7.89. The Hall–Kier alpha value is -0.670. The molecule has 3 rings (SSSR count). The summed E-state index contributed by atoms with van der Waals surface area (Å²) in [6.45, 7) is 3.31. The highest BCUT2D eigenvalue weighted by Crippen LogP contribution is 2.27. The Labute approximate surface area is 133 Å². The third-order valence-electron chi connectivity index (χ3n) is 3.76. The van der Waals surface area contributed by atoms with E-state index in [-0.39, 0.29) is 10.2 Å². The standard InChI is InChI=1S/C12H17ClN4O2S2/c1-15(6-7-16-4-2-3-5-16)21(18,19)11-10(13)14-12-17(11)8-9-20-12/h8-9H,2-7H2,1H3. The molecular formula is C12H17ClN4O2S2. The molecule has 0 bridgehead atoms. The van der Waals surface area contributed by atoms with Gasteiger partial charge in [0.05, 0.1) is 0 Å². The molecular weight excluding hydrogens is 332 g/mol. The summed E-state index contributed by atoms with van der Waals surface area (Å²) in [5.74, 6) is 0. The van der Waals surface area contributed by atoms with E-state index in [9.17, 15) is 8.42 Å². The van der Waals surface area contributed by atoms with Crippen molar-refractivity contribution < 1.29 is 8.42 Å². The first kappa shape index (κ1) is 15.2. The minimum Gasteiger partial charge on any atom is -0.302 e. The number of halogens is 1. The van der Waals surface area contributed by atoms with Gasteiger partial charge in [-0.1, -0.05) is 11.6 Å². The van der Waals surface area contributed by atoms with Crippen LogP contribution in [0.4, 0.5) is 0 Å². The van der Waals surface area contributed by atoms with Crippen LogP contribution < -0.4 is 0 Å². The highest BCUT2D eigenvalue weighted by atomic mass is 35.5. The van der Waals surface area contributed by atoms with E-state index in [1.54, 1.807) is 18.6 Å². The van der Waals surface area contributed by atoms with Crippen LogP contribution in [0.5, 0.6) is 0 Å². The first-order chi connectivity index (χ1) is 10.00. The molecule has 1 aliphatic heterocycles. The summed E-state index contributed by atoms with van der Waals surface area (Å²) in [5, 5.41) is 1.89. The summed E-state index contributed by atoms with van der Waals surface area (Å²) in [6.07, 6.45) is 4.07. The maximum atomic E-state index is 12.7. The third-order valence-corrected chi connectivity index (χ3v) is 6.78. The zero-order chi connectivity index (χ0) is 15.0. The van der Waals surface area contributed by atoms with E-state index in [4.69, 9.17) is 11.6 Å². The second-order valence-corrected chi connectivity index (χ2v) is 8.33. The van der Waals surface area contributed by atoms with Crippen molar-refractivity contribution in [2.75, 3.05) is 33.2 Å². The van der Waals surface area contributed by atoms with Crippen molar-refractivity contribution in [2.45, 2.75) is 17.9 Å². The fourth-order valence-corrected chi connectivity index (χ4v) is 5.08. The Morgan fingerprint density at radius 1 is 1.43 bits per heavy atom. The summed E-state index contributed by atoms with van der Waals surface area (Å²) >= 11 is 7.38. The van der Waals surface area contributed by atoms with Gasteiger partial charge in [0.2, 0.25) is 0 Å². The molecule has 0 unspecified atom stereocenters. The largest absolute Gasteiger partial charge is 0.302 e. The first-order valence-corrected chi connectivity index (χ1v) is 9.49. The SMILES string of the molecule is CN(CCN1CCCC1)S(=O)(=O)c1c(Cl)nc2sccn12. The number of rotatable bonds is 5. The van der Waals surface area contributed by atoms with Crippen LogP contribution in [0.3, 0.4) is 0 Å². The highest BCUT2D eigenvalue weighted by Gasteiger charge is 2.29. The lowest BCUT2D eigenvalue weighted by molar-refractivity contribution is 0.309. The molecule has 9 heteroatoms. The monoisotopic (exact) mass is 348 g/mol. The molecule has 0 atom stereocenters. The number of hydrogen-bond donors (Lipinski definition) is 0. The first-order valence-electron chi connectivity index (χ1n) is 6.80. The van der Waals surface area contributed by atoms with Gasteiger partial charge in [-0.3, -0.25) is 4.40 Å². The maximum absolute atomic E-state index is 12.7. The lowest BCUT2D eigenvalue weighted by atomic mass is 10.4. The van der Waals surface area contributed by atoms with Crippen molar-refractivity contribution in [2.24, 2.45) is 0 Å². The van der Waals surface area contributed by atoms with Crippen LogP contribution in [0, 0.1) is 0 Å². The number of hydrogen-bond acceptors (Lipinski definition) is 5. The molecule has 0 aliphatic carbocycles. The van der Waals surface area contributed by atoms with E-state index < -0.39 is 10.0 Å². The topological polar surface area (TPSA) is 57.9 Å². The van der Waals surface area contributed by atoms with Crippen molar-refractivity contribution in [3.8, 4) is 0 Å². The quantitative estimate of drug-likeness (QED) is 0.826. The van der Waals surface area contributed by atoms with E-state index in [1.165, 1.54) is 32.9 Å². The Balaban J connectivity index is 1.81. The van der Waals surface area contributed by atoms with E-state index >= 15 is 0 Å². The van der Waals surface area contributed by atoms with Crippen LogP contribution >= 0.6 is 22.9 Å². The van der Waals surface area contributed by atoms with Gasteiger partial charge in [-0.25, -0.2) is 13.4 Å². The van der Waals surface area contributed by atoms with Gasteiger partial charge in [0, 0.05) is 31.7 Å². The van der Waals surface area contributed by atoms with Gasteiger partial charge in [-0.05, 0) is 25.9 Å². The second kappa shape index (κ2) is 5.85. The molecule has 6 nitrogen and oxygen atoms in total. The van der Waals surface area contributed by atoms with Crippen LogP contribution in [0.15, 0.2) is 16.6 Å². The van der Waals surface area contributed by atoms with Gasteiger partial charge in [0.25, 0.3) is 10.0 Å². The van der Waals surface area contributed by atoms with Crippen molar-refractivity contribution in [3.05, 3.63) is 16.7 Å². The molecule has 0 aromatic carbocycles. The van der Waals surface area contributed by atoms with Crippen molar-refractivity contribution in [1.82, 2.24) is 18.6 Å². The minimum atomic E-state index is -3.63. The molecule has 1 saturated heterocycles. The van der Waals surface area contributed by atoms with Gasteiger partial charge < -0.3 is 4.90 Å². The number of aromatic nitrogens is 2. The van der Waals surface area contributed by atoms with Gasteiger partial charge >= 0.3 is 0 Å². The third kappa shape index (κ3) is 2.83. The van der Waals surface area contributed by atoms with Gasteiger partial charge in [-0.2, -0.15) is 4.31 Å². The van der Waals surface area contributed by atoms with Crippen LogP contribution in [0.25, 0.3) is 4.96 Å². The van der Waals surface area contributed by atoms with E-state index in [0.29, 0.717) is 11.5 Å². The number of thiazole rings is 1. The molecule has 0 spiro atoms. The average Bonchev–Trinajstić information content (AvgIpc) is 3.11. The molecule has 2 aromatic rings. The van der Waals surface area contributed by atoms with Crippen molar-refractivity contribution in [1.29, 1.82) is 0 Å². The molecule has 1 aliphatic rings. The Morgan fingerprint density at radius 2 is 2.14 bits per heavy atom. The van der Waals surface area contributed by atoms with Crippen LogP contribution in [0.2, 0.25) is 5.15 Å². The Morgan fingerprint density at radius 3 is 2.86 bits per heavy atom. The number of sulfonamides is 1. The maximum Gasteiger partial charge on any atom is 0.262 e. The molecule has 1 fully saturated rings. The number of imidazole rings is 1. The van der Waals surface area contributed by atoms with E-state index in [1.807, 2.05) is 0 Å². The molecule has 0 saturated carbocycles. The summed E-state index contributed by atoms with van der Waals surface area (Å²) in [7, 11) is -2.04. The lowest BCUT2D eigenvalue weighted by Crippen LogP contribution is -2.35. The lowest BCUT2D eigenvalue weighted by Gasteiger charge is -2.20. The van der Waals surface area contributed by atoms with E-state index in [0.717, 1.165) is 19.6 Å². The smallest absolute Gasteiger partial charge is 0.262 e. The van der Waals surface area contributed by atoms with Crippen LogP contribution in [0.1, 0.15) is 12.8 Å². The predicted molar refractivity (Wildman–Crippen MR) is 83.6 cm³/mol. The van der Waals surface area contributed by atoms with E-state index in [2.05, 4.69) is 9.88 Å². The number of likely N-dealkylation sites (N-methyl/N-ethyl adjacent to an activating group) is 1. The summed E-state index contributed by atoms with van der Waals surface area (Å²) in [5.41, 5.74) is 0. The summed E-state index contributed by atoms with van der Waals surface area (Å²) in [4.78, 5) is 6.96. The Bertz CT molecular complexity index is 734. The molecule has 0 radical (unpaired) electrons. The summed E-state index contributed by atoms with van der Waals surface area (Å²) in [6, 6.07) is 0. The molecule has 116 valence electrons. The Kier molecular flexibility index (Phi) is 4.24. The second-order valence-electron chi connectivity index (χ2n) is 5.14. The fraction of sp³-hybridized carbons (Fsp3) is 0.583. The van der Waals surface area contributed by atoms with Gasteiger partial charge in [-0.15, -0.1) is 11.3 Å². The predicted octanol–water partition coefficient (Wildman–Crippen LogP) is 1.77. The minimum absolute atomic E-state index is 0.0369. The average molecular weight is 349 g/mol. The normalized spacial score (nSPS) is 17.3. The molecule has 3 heterocycles. The van der Waals surface area contributed by atoms with Gasteiger partial charge in [0.1, 0.15) is 0 Å². The molecule has 0 amide bonds. The van der Waals surface area contributed by atoms with Crippen molar-refractivity contribution >= 4 is 37.9 Å². The zero-order valence-corrected chi connectivity index (χ0v) is 14.1. The van der Waals surface area contributed by atoms with Crippen LogP contribution in [-0.2, 0) is 10.0 Å². The fourth-order valence-electron chi connectivity index (χ4n) is 2.53. The number of likely N-dealkylation sites (tertiary alicyclic amines) is 1. The zero-order valence-electron chi connectivity index (χ0n) is 11.7. The summed E-state index contributed by atoms with van der Waals surface area (Å²) < 4.78 is 28.3. The van der Waals surface area contributed by atoms with Crippen LogP contribution in [-0.4, -0.2) is 60.2 Å². The van der Waals surface area contributed by atoms with Gasteiger partial charge in [0.15, 0.2) is 15.1 Å². The van der Waals surface area contributed by atoms with Crippen molar-refractivity contribution in [3.63, 3.8) is 0 Å². The number of fused-ring (bicyclic) bond motifs is 1. The number of nitrogens with zero attached hydrogens (tertiary/aromatic N) is 4. The molecule has 0 N–H and O–H groups in total. The molecule has 21 heavy (non-hydrogen) atoms. The molecule has 2 aromatic heterocycles.